The fraction of sp³-hybridized carbons (Fsp3) is 0.389. The number of ether oxygens (including phenoxy) is 3. The lowest BCUT2D eigenvalue weighted by atomic mass is 9.86. The summed E-state index contributed by atoms with van der Waals surface area (Å²) in [6, 6.07) is 6.86. The Bertz CT molecular complexity index is 590. The topological polar surface area (TPSA) is 65.0 Å². The number of hydrogen-bond donors (Lipinski definition) is 1. The molecule has 0 amide bonds. The molecule has 3 unspecified atom stereocenters. The van der Waals surface area contributed by atoms with Crippen molar-refractivity contribution in [1.29, 1.82) is 0 Å². The molecular weight excluding hydrogens is 296 g/mol. The number of rotatable bonds is 6. The summed E-state index contributed by atoms with van der Waals surface area (Å²) in [7, 11) is 4.59. The third kappa shape index (κ3) is 4.07. The van der Waals surface area contributed by atoms with Gasteiger partial charge in [0.1, 0.15) is 5.75 Å². The Morgan fingerprint density at radius 1 is 1.22 bits per heavy atom. The van der Waals surface area contributed by atoms with Crippen molar-refractivity contribution in [3.63, 3.8) is 0 Å². The van der Waals surface area contributed by atoms with E-state index in [1.165, 1.54) is 13.2 Å². The number of allylic oxidation sites excluding steroid dienone is 1. The SMILES string of the molecule is COc1ccc(C(=O)C=CC2C=CC(OC)CC2(O)OC)cc1. The van der Waals surface area contributed by atoms with Crippen molar-refractivity contribution in [2.45, 2.75) is 18.3 Å². The highest BCUT2D eigenvalue weighted by Gasteiger charge is 2.39. The zero-order valence-corrected chi connectivity index (χ0v) is 13.6. The van der Waals surface area contributed by atoms with Gasteiger partial charge in [0.25, 0.3) is 0 Å². The summed E-state index contributed by atoms with van der Waals surface area (Å²) >= 11 is 0. The number of aliphatic hydroxyl groups is 1. The lowest BCUT2D eigenvalue weighted by Crippen LogP contribution is -2.44. The molecule has 0 saturated carbocycles. The van der Waals surface area contributed by atoms with Crippen LogP contribution in [0.25, 0.3) is 0 Å². The molecule has 1 aromatic rings. The van der Waals surface area contributed by atoms with Gasteiger partial charge in [0, 0.05) is 32.1 Å². The molecule has 23 heavy (non-hydrogen) atoms. The van der Waals surface area contributed by atoms with Crippen molar-refractivity contribution in [2.75, 3.05) is 21.3 Å². The van der Waals surface area contributed by atoms with Gasteiger partial charge in [0.2, 0.25) is 0 Å². The Kier molecular flexibility index (Phi) is 5.71. The Balaban J connectivity index is 2.12. The van der Waals surface area contributed by atoms with Crippen LogP contribution in [0.15, 0.2) is 48.6 Å². The zero-order chi connectivity index (χ0) is 16.9. The van der Waals surface area contributed by atoms with Crippen LogP contribution in [-0.2, 0) is 9.47 Å². The van der Waals surface area contributed by atoms with E-state index >= 15 is 0 Å². The van der Waals surface area contributed by atoms with Gasteiger partial charge in [0.05, 0.1) is 13.2 Å². The van der Waals surface area contributed by atoms with Crippen molar-refractivity contribution in [3.05, 3.63) is 54.1 Å². The molecule has 0 bridgehead atoms. The van der Waals surface area contributed by atoms with Crippen LogP contribution in [0.5, 0.6) is 5.75 Å². The molecule has 5 heteroatoms. The monoisotopic (exact) mass is 318 g/mol. The predicted octanol–water partition coefficient (Wildman–Crippen LogP) is 2.36. The van der Waals surface area contributed by atoms with Crippen LogP contribution in [0, 0.1) is 5.92 Å². The summed E-state index contributed by atoms with van der Waals surface area (Å²) in [5, 5.41) is 10.6. The van der Waals surface area contributed by atoms with E-state index in [2.05, 4.69) is 0 Å². The van der Waals surface area contributed by atoms with Crippen molar-refractivity contribution >= 4 is 5.78 Å². The van der Waals surface area contributed by atoms with E-state index in [4.69, 9.17) is 14.2 Å². The zero-order valence-electron chi connectivity index (χ0n) is 13.6. The maximum absolute atomic E-state index is 12.2. The van der Waals surface area contributed by atoms with Crippen molar-refractivity contribution in [1.82, 2.24) is 0 Å². The summed E-state index contributed by atoms with van der Waals surface area (Å²) in [6.07, 6.45) is 6.86. The molecule has 0 aliphatic heterocycles. The normalized spacial score (nSPS) is 27.3. The van der Waals surface area contributed by atoms with E-state index < -0.39 is 11.7 Å². The van der Waals surface area contributed by atoms with Crippen molar-refractivity contribution < 1.29 is 24.1 Å². The van der Waals surface area contributed by atoms with Crippen LogP contribution >= 0.6 is 0 Å². The largest absolute Gasteiger partial charge is 0.497 e. The van der Waals surface area contributed by atoms with Gasteiger partial charge in [0.15, 0.2) is 11.6 Å². The molecule has 0 heterocycles. The average molecular weight is 318 g/mol. The molecule has 0 spiro atoms. The van der Waals surface area contributed by atoms with Crippen LogP contribution in [0.4, 0.5) is 0 Å². The van der Waals surface area contributed by atoms with Crippen molar-refractivity contribution in [3.8, 4) is 5.75 Å². The second-order valence-corrected chi connectivity index (χ2v) is 5.39. The summed E-state index contributed by atoms with van der Waals surface area (Å²) in [6.45, 7) is 0. The van der Waals surface area contributed by atoms with Gasteiger partial charge >= 0.3 is 0 Å². The first kappa shape index (κ1) is 17.4. The van der Waals surface area contributed by atoms with Gasteiger partial charge in [-0.15, -0.1) is 0 Å². The lowest BCUT2D eigenvalue weighted by molar-refractivity contribution is -0.220. The van der Waals surface area contributed by atoms with E-state index in [1.807, 2.05) is 6.08 Å². The van der Waals surface area contributed by atoms with Crippen molar-refractivity contribution in [2.24, 2.45) is 5.92 Å². The quantitative estimate of drug-likeness (QED) is 0.377. The van der Waals surface area contributed by atoms with Gasteiger partial charge in [-0.2, -0.15) is 0 Å². The van der Waals surface area contributed by atoms with E-state index in [-0.39, 0.29) is 11.9 Å². The third-order valence-corrected chi connectivity index (χ3v) is 4.03. The molecule has 0 aromatic heterocycles. The van der Waals surface area contributed by atoms with Crippen LogP contribution in [0.3, 0.4) is 0 Å². The number of hydrogen-bond acceptors (Lipinski definition) is 5. The maximum atomic E-state index is 12.2. The van der Waals surface area contributed by atoms with Gasteiger partial charge in [-0.05, 0) is 30.3 Å². The first-order valence-corrected chi connectivity index (χ1v) is 7.37. The molecule has 0 saturated heterocycles. The van der Waals surface area contributed by atoms with E-state index in [9.17, 15) is 9.90 Å². The smallest absolute Gasteiger partial charge is 0.185 e. The fourth-order valence-electron chi connectivity index (χ4n) is 2.52. The highest BCUT2D eigenvalue weighted by atomic mass is 16.6. The first-order chi connectivity index (χ1) is 11.0. The van der Waals surface area contributed by atoms with Gasteiger partial charge < -0.3 is 19.3 Å². The molecule has 3 atom stereocenters. The van der Waals surface area contributed by atoms with Crippen LogP contribution in [-0.4, -0.2) is 44.1 Å². The first-order valence-electron chi connectivity index (χ1n) is 7.37. The van der Waals surface area contributed by atoms with E-state index in [0.29, 0.717) is 17.7 Å². The Labute approximate surface area is 136 Å². The third-order valence-electron chi connectivity index (χ3n) is 4.03. The maximum Gasteiger partial charge on any atom is 0.185 e. The summed E-state index contributed by atoms with van der Waals surface area (Å²) in [4.78, 5) is 12.2. The molecule has 1 aromatic carbocycles. The molecule has 1 aliphatic carbocycles. The van der Waals surface area contributed by atoms with Gasteiger partial charge in [-0.1, -0.05) is 18.2 Å². The molecule has 0 radical (unpaired) electrons. The Morgan fingerprint density at radius 3 is 2.48 bits per heavy atom. The van der Waals surface area contributed by atoms with Crippen LogP contribution in [0.1, 0.15) is 16.8 Å². The minimum absolute atomic E-state index is 0.145. The minimum Gasteiger partial charge on any atom is -0.497 e. The second-order valence-electron chi connectivity index (χ2n) is 5.39. The molecule has 124 valence electrons. The second kappa shape index (κ2) is 7.55. The van der Waals surface area contributed by atoms with E-state index in [1.54, 1.807) is 50.6 Å². The van der Waals surface area contributed by atoms with E-state index in [0.717, 1.165) is 0 Å². The molecule has 0 fully saturated rings. The summed E-state index contributed by atoms with van der Waals surface area (Å²) < 4.78 is 15.5. The number of carbonyl (C=O) groups is 1. The number of carbonyl (C=O) groups excluding carboxylic acids is 1. The highest BCUT2D eigenvalue weighted by Crippen LogP contribution is 2.32. The number of ketones is 1. The van der Waals surface area contributed by atoms with Crippen LogP contribution in [0.2, 0.25) is 0 Å². The number of methoxy groups -OCH3 is 3. The van der Waals surface area contributed by atoms with Gasteiger partial charge in [-0.25, -0.2) is 0 Å². The summed E-state index contributed by atoms with van der Waals surface area (Å²) in [5.41, 5.74) is 0.553. The highest BCUT2D eigenvalue weighted by molar-refractivity contribution is 6.04. The lowest BCUT2D eigenvalue weighted by Gasteiger charge is -2.36. The molecule has 1 aliphatic rings. The predicted molar refractivity (Wildman–Crippen MR) is 86.5 cm³/mol. The molecular formula is C18H22O5. The average Bonchev–Trinajstić information content (AvgIpc) is 2.60. The standard InChI is InChI=1S/C18H22O5/c1-21-15-8-4-13(5-9-15)17(19)11-7-14-6-10-16(22-2)12-18(14,20)23-3/h4-11,14,16,20H,12H2,1-3H3. The minimum atomic E-state index is -1.38. The molecule has 1 N–H and O–H groups in total. The van der Waals surface area contributed by atoms with Crippen LogP contribution < -0.4 is 4.74 Å². The summed E-state index contributed by atoms with van der Waals surface area (Å²) in [5.74, 6) is -1.25. The molecule has 2 rings (SSSR count). The fourth-order valence-corrected chi connectivity index (χ4v) is 2.52. The van der Waals surface area contributed by atoms with Gasteiger partial charge in [-0.3, -0.25) is 4.79 Å². The number of benzene rings is 1. The Morgan fingerprint density at radius 2 is 1.91 bits per heavy atom. The molecule has 5 nitrogen and oxygen atoms in total. The Hall–Kier alpha value is -1.95.